The Labute approximate surface area is 92.2 Å². The van der Waals surface area contributed by atoms with E-state index in [-0.39, 0.29) is 5.38 Å². The Morgan fingerprint density at radius 2 is 2.33 bits per heavy atom. The molecule has 1 unspecified atom stereocenters. The predicted octanol–water partition coefficient (Wildman–Crippen LogP) is 3.33. The Bertz CT molecular complexity index is 450. The molecule has 0 fully saturated rings. The van der Waals surface area contributed by atoms with Gasteiger partial charge in [-0.2, -0.15) is 4.98 Å². The molecule has 0 radical (unpaired) electrons. The van der Waals surface area contributed by atoms with Crippen LogP contribution in [0.3, 0.4) is 0 Å². The first-order chi connectivity index (χ1) is 7.20. The predicted molar refractivity (Wildman–Crippen MR) is 55.6 cm³/mol. The Kier molecular flexibility index (Phi) is 2.77. The molecule has 5 heteroatoms. The van der Waals surface area contributed by atoms with Crippen molar-refractivity contribution in [2.24, 2.45) is 0 Å². The second-order valence-electron chi connectivity index (χ2n) is 3.28. The number of aromatic nitrogens is 2. The summed E-state index contributed by atoms with van der Waals surface area (Å²) in [5.41, 5.74) is 0.784. The highest BCUT2D eigenvalue weighted by molar-refractivity contribution is 6.20. The zero-order valence-corrected chi connectivity index (χ0v) is 9.28. The van der Waals surface area contributed by atoms with E-state index in [0.29, 0.717) is 11.7 Å². The Morgan fingerprint density at radius 3 is 2.93 bits per heavy atom. The van der Waals surface area contributed by atoms with Crippen molar-refractivity contribution in [3.05, 3.63) is 23.9 Å². The third kappa shape index (κ3) is 2.04. The summed E-state index contributed by atoms with van der Waals surface area (Å²) in [6.07, 6.45) is 2.35. The summed E-state index contributed by atoms with van der Waals surface area (Å²) in [6.45, 7) is 3.83. The zero-order valence-electron chi connectivity index (χ0n) is 8.53. The van der Waals surface area contributed by atoms with E-state index in [1.54, 1.807) is 6.26 Å². The van der Waals surface area contributed by atoms with Gasteiger partial charge in [-0.05, 0) is 19.4 Å². The summed E-state index contributed by atoms with van der Waals surface area (Å²) in [7, 11) is 0. The molecule has 0 aliphatic heterocycles. The minimum atomic E-state index is -0.199. The summed E-state index contributed by atoms with van der Waals surface area (Å²) < 4.78 is 10.2. The van der Waals surface area contributed by atoms with Crippen molar-refractivity contribution in [3.8, 4) is 11.5 Å². The average molecular weight is 227 g/mol. The average Bonchev–Trinajstić information content (AvgIpc) is 2.84. The van der Waals surface area contributed by atoms with E-state index in [1.807, 2.05) is 19.9 Å². The van der Waals surface area contributed by atoms with Gasteiger partial charge in [0.1, 0.15) is 12.0 Å². The fraction of sp³-hybridized carbons (Fsp3) is 0.400. The lowest BCUT2D eigenvalue weighted by atomic mass is 10.3. The molecule has 0 aliphatic rings. The molecule has 0 N–H and O–H groups in total. The van der Waals surface area contributed by atoms with E-state index >= 15 is 0 Å². The lowest BCUT2D eigenvalue weighted by molar-refractivity contribution is 0.420. The first-order valence-corrected chi connectivity index (χ1v) is 5.17. The summed E-state index contributed by atoms with van der Waals surface area (Å²) in [4.78, 5) is 4.19. The van der Waals surface area contributed by atoms with Crippen LogP contribution in [0.15, 0.2) is 21.3 Å². The van der Waals surface area contributed by atoms with Crippen LogP contribution >= 0.6 is 11.6 Å². The topological polar surface area (TPSA) is 52.1 Å². The van der Waals surface area contributed by atoms with E-state index in [0.717, 1.165) is 17.7 Å². The van der Waals surface area contributed by atoms with Crippen LogP contribution in [0.25, 0.3) is 11.5 Å². The first kappa shape index (κ1) is 10.2. The lowest BCUT2D eigenvalue weighted by Gasteiger charge is -1.95. The molecule has 0 bridgehead atoms. The van der Waals surface area contributed by atoms with Gasteiger partial charge in [0.05, 0.1) is 10.9 Å². The van der Waals surface area contributed by atoms with Crippen LogP contribution in [0.4, 0.5) is 0 Å². The standard InChI is InChI=1S/C10H11ClN2O2/c1-3-8(11)9-12-10(15-13-9)7-4-6(2)14-5-7/h4-5,8H,3H2,1-2H3. The van der Waals surface area contributed by atoms with Crippen molar-refractivity contribution in [2.75, 3.05) is 0 Å². The van der Waals surface area contributed by atoms with Gasteiger partial charge in [0.15, 0.2) is 5.82 Å². The van der Waals surface area contributed by atoms with Gasteiger partial charge in [0, 0.05) is 0 Å². The highest BCUT2D eigenvalue weighted by Gasteiger charge is 2.15. The number of aryl methyl sites for hydroxylation is 1. The molecule has 0 saturated carbocycles. The Hall–Kier alpha value is -1.29. The number of furan rings is 1. The fourth-order valence-electron chi connectivity index (χ4n) is 1.22. The van der Waals surface area contributed by atoms with Crippen molar-refractivity contribution in [1.29, 1.82) is 0 Å². The molecular formula is C10H11ClN2O2. The largest absolute Gasteiger partial charge is 0.469 e. The summed E-state index contributed by atoms with van der Waals surface area (Å²) in [6, 6.07) is 1.84. The smallest absolute Gasteiger partial charge is 0.261 e. The minimum absolute atomic E-state index is 0.199. The van der Waals surface area contributed by atoms with Gasteiger partial charge >= 0.3 is 0 Å². The second kappa shape index (κ2) is 4.06. The molecule has 2 heterocycles. The van der Waals surface area contributed by atoms with Crippen molar-refractivity contribution in [2.45, 2.75) is 25.6 Å². The minimum Gasteiger partial charge on any atom is -0.469 e. The number of hydrogen-bond acceptors (Lipinski definition) is 4. The van der Waals surface area contributed by atoms with Gasteiger partial charge in [-0.1, -0.05) is 12.1 Å². The third-order valence-electron chi connectivity index (χ3n) is 2.06. The van der Waals surface area contributed by atoms with Crippen LogP contribution in [-0.4, -0.2) is 10.1 Å². The maximum Gasteiger partial charge on any atom is 0.261 e. The number of halogens is 1. The van der Waals surface area contributed by atoms with Gasteiger partial charge in [0.2, 0.25) is 0 Å². The van der Waals surface area contributed by atoms with Gasteiger partial charge in [0.25, 0.3) is 5.89 Å². The van der Waals surface area contributed by atoms with Crippen LogP contribution in [0.2, 0.25) is 0 Å². The van der Waals surface area contributed by atoms with Crippen molar-refractivity contribution in [3.63, 3.8) is 0 Å². The van der Waals surface area contributed by atoms with E-state index in [1.165, 1.54) is 0 Å². The van der Waals surface area contributed by atoms with Gasteiger partial charge in [-0.3, -0.25) is 0 Å². The molecular weight excluding hydrogens is 216 g/mol. The highest BCUT2D eigenvalue weighted by atomic mass is 35.5. The number of alkyl halides is 1. The van der Waals surface area contributed by atoms with E-state index in [4.69, 9.17) is 20.5 Å². The molecule has 2 aromatic heterocycles. The van der Waals surface area contributed by atoms with Crippen molar-refractivity contribution in [1.82, 2.24) is 10.1 Å². The molecule has 0 amide bonds. The molecule has 1 atom stereocenters. The molecule has 0 spiro atoms. The zero-order chi connectivity index (χ0) is 10.8. The first-order valence-electron chi connectivity index (χ1n) is 4.74. The van der Waals surface area contributed by atoms with E-state index in [9.17, 15) is 0 Å². The van der Waals surface area contributed by atoms with Crippen molar-refractivity contribution >= 4 is 11.6 Å². The monoisotopic (exact) mass is 226 g/mol. The van der Waals surface area contributed by atoms with Crippen LogP contribution < -0.4 is 0 Å². The number of nitrogens with zero attached hydrogens (tertiary/aromatic N) is 2. The maximum absolute atomic E-state index is 5.99. The number of hydrogen-bond donors (Lipinski definition) is 0. The lowest BCUT2D eigenvalue weighted by Crippen LogP contribution is -1.90. The normalized spacial score (nSPS) is 13.0. The quantitative estimate of drug-likeness (QED) is 0.754. The molecule has 0 aromatic carbocycles. The van der Waals surface area contributed by atoms with Crippen molar-refractivity contribution < 1.29 is 8.94 Å². The fourth-order valence-corrected chi connectivity index (χ4v) is 1.31. The summed E-state index contributed by atoms with van der Waals surface area (Å²) >= 11 is 5.99. The van der Waals surface area contributed by atoms with E-state index in [2.05, 4.69) is 10.1 Å². The van der Waals surface area contributed by atoms with Gasteiger partial charge in [-0.25, -0.2) is 0 Å². The molecule has 15 heavy (non-hydrogen) atoms. The molecule has 2 aromatic rings. The van der Waals surface area contributed by atoms with Crippen LogP contribution in [-0.2, 0) is 0 Å². The molecule has 0 aliphatic carbocycles. The number of rotatable bonds is 3. The van der Waals surface area contributed by atoms with E-state index < -0.39 is 0 Å². The molecule has 4 nitrogen and oxygen atoms in total. The molecule has 2 rings (SSSR count). The SMILES string of the molecule is CCC(Cl)c1noc(-c2coc(C)c2)n1. The Morgan fingerprint density at radius 1 is 1.53 bits per heavy atom. The van der Waals surface area contributed by atoms with Crippen LogP contribution in [0.1, 0.15) is 30.3 Å². The summed E-state index contributed by atoms with van der Waals surface area (Å²) in [5.74, 6) is 1.77. The van der Waals surface area contributed by atoms with Crippen LogP contribution in [0.5, 0.6) is 0 Å². The molecule has 0 saturated heterocycles. The highest BCUT2D eigenvalue weighted by Crippen LogP contribution is 2.25. The summed E-state index contributed by atoms with van der Waals surface area (Å²) in [5, 5.41) is 3.61. The van der Waals surface area contributed by atoms with Gasteiger partial charge < -0.3 is 8.94 Å². The maximum atomic E-state index is 5.99. The Balaban J connectivity index is 2.27. The third-order valence-corrected chi connectivity index (χ3v) is 2.56. The van der Waals surface area contributed by atoms with Crippen LogP contribution in [0, 0.1) is 6.92 Å². The van der Waals surface area contributed by atoms with Gasteiger partial charge in [-0.15, -0.1) is 11.6 Å². The molecule has 80 valence electrons. The second-order valence-corrected chi connectivity index (χ2v) is 3.81.